The van der Waals surface area contributed by atoms with Gasteiger partial charge in [-0.3, -0.25) is 4.79 Å². The number of thiazole rings is 1. The van der Waals surface area contributed by atoms with E-state index in [-0.39, 0.29) is 11.7 Å². The van der Waals surface area contributed by atoms with Crippen LogP contribution in [0.3, 0.4) is 0 Å². The maximum Gasteiger partial charge on any atom is 0.350 e. The molecule has 0 saturated heterocycles. The van der Waals surface area contributed by atoms with Gasteiger partial charge in [0, 0.05) is 6.54 Å². The molecular weight excluding hydrogens is 430 g/mol. The molecule has 0 atom stereocenters. The fourth-order valence-electron chi connectivity index (χ4n) is 2.53. The van der Waals surface area contributed by atoms with E-state index >= 15 is 0 Å². The van der Waals surface area contributed by atoms with Crippen molar-refractivity contribution in [1.82, 2.24) is 19.7 Å². The normalized spacial score (nSPS) is 10.9. The summed E-state index contributed by atoms with van der Waals surface area (Å²) in [5.74, 6) is 0.341. The number of carbonyl (C=O) groups is 2. The Morgan fingerprint density at radius 1 is 1.31 bits per heavy atom. The maximum absolute atomic E-state index is 12.4. The number of carbonyl (C=O) groups excluding carboxylic acids is 2. The second-order valence-electron chi connectivity index (χ2n) is 5.93. The summed E-state index contributed by atoms with van der Waals surface area (Å²) in [6.45, 7) is 6.62. The van der Waals surface area contributed by atoms with E-state index < -0.39 is 5.97 Å². The van der Waals surface area contributed by atoms with Crippen LogP contribution in [0.2, 0.25) is 0 Å². The first-order valence-electron chi connectivity index (χ1n) is 9.07. The van der Waals surface area contributed by atoms with Gasteiger partial charge in [0.1, 0.15) is 4.88 Å². The third kappa shape index (κ3) is 5.22. The summed E-state index contributed by atoms with van der Waals surface area (Å²) in [4.78, 5) is 29.9. The monoisotopic (exact) mass is 451 g/mol. The van der Waals surface area contributed by atoms with Gasteiger partial charge in [-0.2, -0.15) is 0 Å². The van der Waals surface area contributed by atoms with E-state index in [4.69, 9.17) is 4.74 Å². The van der Waals surface area contributed by atoms with Gasteiger partial charge in [0.2, 0.25) is 5.91 Å². The number of nitrogens with zero attached hydrogens (tertiary/aromatic N) is 4. The third-order valence-corrected chi connectivity index (χ3v) is 6.63. The molecule has 0 aliphatic rings. The highest BCUT2D eigenvalue weighted by Crippen LogP contribution is 2.28. The van der Waals surface area contributed by atoms with Crippen molar-refractivity contribution in [3.8, 4) is 10.7 Å². The zero-order chi connectivity index (χ0) is 20.8. The average molecular weight is 452 g/mol. The summed E-state index contributed by atoms with van der Waals surface area (Å²) >= 11 is 4.05. The van der Waals surface area contributed by atoms with Crippen LogP contribution in [0.15, 0.2) is 22.7 Å². The van der Waals surface area contributed by atoms with Crippen molar-refractivity contribution in [2.75, 3.05) is 17.7 Å². The molecule has 0 aliphatic heterocycles. The Bertz CT molecular complexity index is 981. The molecule has 3 heterocycles. The third-order valence-electron chi connectivity index (χ3n) is 3.74. The largest absolute Gasteiger partial charge is 0.462 e. The zero-order valence-electron chi connectivity index (χ0n) is 16.3. The van der Waals surface area contributed by atoms with Crippen LogP contribution in [0.1, 0.15) is 35.6 Å². The molecule has 0 saturated carbocycles. The molecule has 3 rings (SSSR count). The van der Waals surface area contributed by atoms with Crippen LogP contribution in [0, 0.1) is 6.92 Å². The van der Waals surface area contributed by atoms with Gasteiger partial charge in [0.05, 0.1) is 22.9 Å². The number of hydrogen-bond donors (Lipinski definition) is 1. The molecule has 0 radical (unpaired) electrons. The molecule has 0 aliphatic carbocycles. The molecule has 0 spiro atoms. The Hall–Kier alpha value is -2.24. The number of ether oxygens (including phenoxy) is 1. The lowest BCUT2D eigenvalue weighted by Gasteiger charge is -2.07. The fraction of sp³-hybridized carbons (Fsp3) is 0.389. The predicted molar refractivity (Wildman–Crippen MR) is 116 cm³/mol. The van der Waals surface area contributed by atoms with Crippen molar-refractivity contribution in [2.45, 2.75) is 38.9 Å². The number of thiophene rings is 1. The van der Waals surface area contributed by atoms with Crippen LogP contribution in [0.25, 0.3) is 10.7 Å². The first-order chi connectivity index (χ1) is 14.0. The lowest BCUT2D eigenvalue weighted by Crippen LogP contribution is -2.14. The zero-order valence-corrected chi connectivity index (χ0v) is 18.7. The molecule has 3 aromatic heterocycles. The fourth-order valence-corrected chi connectivity index (χ4v) is 4.89. The Morgan fingerprint density at radius 3 is 2.83 bits per heavy atom. The molecule has 29 heavy (non-hydrogen) atoms. The van der Waals surface area contributed by atoms with E-state index in [9.17, 15) is 9.59 Å². The van der Waals surface area contributed by atoms with Crippen molar-refractivity contribution in [3.63, 3.8) is 0 Å². The summed E-state index contributed by atoms with van der Waals surface area (Å²) in [7, 11) is 0. The minimum absolute atomic E-state index is 0.166. The number of nitrogens with one attached hydrogen (secondary N) is 1. The van der Waals surface area contributed by atoms with Gasteiger partial charge in [-0.25, -0.2) is 9.78 Å². The average Bonchev–Trinajstić information content (AvgIpc) is 3.41. The van der Waals surface area contributed by atoms with Crippen LogP contribution in [-0.4, -0.2) is 44.0 Å². The molecule has 3 aromatic rings. The van der Waals surface area contributed by atoms with Gasteiger partial charge >= 0.3 is 5.97 Å². The summed E-state index contributed by atoms with van der Waals surface area (Å²) in [6, 6.07) is 3.99. The second-order valence-corrected chi connectivity index (χ2v) is 8.82. The van der Waals surface area contributed by atoms with E-state index in [1.165, 1.54) is 11.8 Å². The standard InChI is InChI=1S/C18H21N5O3S3/c1-4-8-23-15(12-7-6-9-27-12)21-22-18(23)28-10-13(24)20-17-19-11(3)14(29-17)16(25)26-5-2/h6-7,9H,4-5,8,10H2,1-3H3,(H,19,20,24). The van der Waals surface area contributed by atoms with E-state index in [2.05, 4.69) is 27.4 Å². The SMILES string of the molecule is CCCn1c(SCC(=O)Nc2nc(C)c(C(=O)OCC)s2)nnc1-c1cccs1. The Kier molecular flexibility index (Phi) is 7.40. The van der Waals surface area contributed by atoms with Gasteiger partial charge in [-0.05, 0) is 31.7 Å². The quantitative estimate of drug-likeness (QED) is 0.386. The maximum atomic E-state index is 12.4. The molecular formula is C18H21N5O3S3. The molecule has 0 bridgehead atoms. The molecule has 0 unspecified atom stereocenters. The summed E-state index contributed by atoms with van der Waals surface area (Å²) in [5, 5.41) is 14.4. The van der Waals surface area contributed by atoms with Crippen molar-refractivity contribution < 1.29 is 14.3 Å². The first-order valence-corrected chi connectivity index (χ1v) is 11.8. The smallest absolute Gasteiger partial charge is 0.350 e. The van der Waals surface area contributed by atoms with Gasteiger partial charge in [0.15, 0.2) is 16.1 Å². The molecule has 1 N–H and O–H groups in total. The van der Waals surface area contributed by atoms with Gasteiger partial charge < -0.3 is 14.6 Å². The van der Waals surface area contributed by atoms with Crippen molar-refractivity contribution in [2.24, 2.45) is 0 Å². The lowest BCUT2D eigenvalue weighted by molar-refractivity contribution is -0.113. The summed E-state index contributed by atoms with van der Waals surface area (Å²) in [5.41, 5.74) is 0.541. The lowest BCUT2D eigenvalue weighted by atomic mass is 10.4. The Labute approximate surface area is 180 Å². The number of aryl methyl sites for hydroxylation is 1. The number of aromatic nitrogens is 4. The minimum Gasteiger partial charge on any atom is -0.462 e. The van der Waals surface area contributed by atoms with E-state index in [0.717, 1.165) is 35.0 Å². The number of esters is 1. The van der Waals surface area contributed by atoms with Gasteiger partial charge in [0.25, 0.3) is 0 Å². The molecule has 1 amide bonds. The van der Waals surface area contributed by atoms with Crippen molar-refractivity contribution in [1.29, 1.82) is 0 Å². The highest BCUT2D eigenvalue weighted by Gasteiger charge is 2.19. The molecule has 8 nitrogen and oxygen atoms in total. The number of rotatable bonds is 9. The van der Waals surface area contributed by atoms with Crippen molar-refractivity contribution >= 4 is 51.4 Å². The van der Waals surface area contributed by atoms with Crippen LogP contribution in [0.4, 0.5) is 5.13 Å². The van der Waals surface area contributed by atoms with Gasteiger partial charge in [-0.15, -0.1) is 21.5 Å². The topological polar surface area (TPSA) is 99.0 Å². The molecule has 154 valence electrons. The van der Waals surface area contributed by atoms with Gasteiger partial charge in [-0.1, -0.05) is 36.1 Å². The first kappa shape index (κ1) is 21.5. The molecule has 0 aromatic carbocycles. The number of hydrogen-bond acceptors (Lipinski definition) is 9. The highest BCUT2D eigenvalue weighted by atomic mass is 32.2. The number of thioether (sulfide) groups is 1. The summed E-state index contributed by atoms with van der Waals surface area (Å²) in [6.07, 6.45) is 0.936. The van der Waals surface area contributed by atoms with Crippen LogP contribution in [-0.2, 0) is 16.1 Å². The van der Waals surface area contributed by atoms with E-state index in [0.29, 0.717) is 27.5 Å². The Morgan fingerprint density at radius 2 is 2.14 bits per heavy atom. The van der Waals surface area contributed by atoms with Crippen molar-refractivity contribution in [3.05, 3.63) is 28.1 Å². The van der Waals surface area contributed by atoms with Crippen LogP contribution in [0.5, 0.6) is 0 Å². The highest BCUT2D eigenvalue weighted by molar-refractivity contribution is 7.99. The second kappa shape index (κ2) is 9.99. The molecule has 11 heteroatoms. The van der Waals surface area contributed by atoms with Crippen LogP contribution >= 0.6 is 34.4 Å². The predicted octanol–water partition coefficient (Wildman–Crippen LogP) is 4.09. The number of amides is 1. The minimum atomic E-state index is -0.425. The Balaban J connectivity index is 1.64. The summed E-state index contributed by atoms with van der Waals surface area (Å²) < 4.78 is 7.04. The number of anilines is 1. The molecule has 0 fully saturated rings. The van der Waals surface area contributed by atoms with E-state index in [1.807, 2.05) is 22.1 Å². The van der Waals surface area contributed by atoms with E-state index in [1.54, 1.807) is 25.2 Å². The van der Waals surface area contributed by atoms with Crippen LogP contribution < -0.4 is 5.32 Å².